The number of hydrogen-bond donors (Lipinski definition) is 3. The minimum Gasteiger partial charge on any atom is -0.354 e. The van der Waals surface area contributed by atoms with E-state index >= 15 is 0 Å². The molecule has 2 aliphatic heterocycles. The van der Waals surface area contributed by atoms with Crippen LogP contribution in [0, 0.1) is 5.41 Å². The lowest BCUT2D eigenvalue weighted by atomic mass is 9.85. The fourth-order valence-electron chi connectivity index (χ4n) is 2.97. The smallest absolute Gasteiger partial charge is 0.249 e. The van der Waals surface area contributed by atoms with Gasteiger partial charge in [0.15, 0.2) is 5.79 Å². The normalized spacial score (nSPS) is 28.3. The van der Waals surface area contributed by atoms with E-state index in [9.17, 15) is 9.59 Å². The zero-order valence-corrected chi connectivity index (χ0v) is 15.2. The van der Waals surface area contributed by atoms with E-state index in [-0.39, 0.29) is 18.2 Å². The molecule has 3 N–H and O–H groups in total. The molecule has 2 atom stereocenters. The summed E-state index contributed by atoms with van der Waals surface area (Å²) in [6, 6.07) is 0.377. The third-order valence-corrected chi connectivity index (χ3v) is 4.50. The molecule has 2 rings (SSSR count). The molecule has 7 heteroatoms. The number of nitrogens with one attached hydrogen (secondary N) is 3. The summed E-state index contributed by atoms with van der Waals surface area (Å²) >= 11 is 0. The van der Waals surface area contributed by atoms with E-state index < -0.39 is 17.3 Å². The first-order valence-electron chi connectivity index (χ1n) is 8.79. The van der Waals surface area contributed by atoms with Gasteiger partial charge in [-0.1, -0.05) is 13.8 Å². The van der Waals surface area contributed by atoms with Gasteiger partial charge in [-0.2, -0.15) is 0 Å². The fourth-order valence-corrected chi connectivity index (χ4v) is 2.97. The van der Waals surface area contributed by atoms with Crippen molar-refractivity contribution in [2.45, 2.75) is 64.9 Å². The van der Waals surface area contributed by atoms with Gasteiger partial charge in [-0.05, 0) is 33.2 Å². The van der Waals surface area contributed by atoms with E-state index in [0.717, 1.165) is 19.4 Å². The lowest BCUT2D eigenvalue weighted by Gasteiger charge is -2.44. The van der Waals surface area contributed by atoms with Gasteiger partial charge in [0.05, 0.1) is 6.61 Å². The summed E-state index contributed by atoms with van der Waals surface area (Å²) in [4.78, 5) is 24.3. The van der Waals surface area contributed by atoms with Crippen molar-refractivity contribution in [3.63, 3.8) is 0 Å². The molecule has 2 fully saturated rings. The van der Waals surface area contributed by atoms with Crippen LogP contribution < -0.4 is 16.0 Å². The second-order valence-corrected chi connectivity index (χ2v) is 7.81. The Hall–Kier alpha value is -1.18. The van der Waals surface area contributed by atoms with E-state index in [2.05, 4.69) is 16.0 Å². The summed E-state index contributed by atoms with van der Waals surface area (Å²) in [5.74, 6) is -1.01. The maximum Gasteiger partial charge on any atom is 0.249 e. The number of ether oxygens (including phenoxy) is 2. The van der Waals surface area contributed by atoms with Crippen LogP contribution in [0.5, 0.6) is 0 Å². The zero-order chi connectivity index (χ0) is 17.8. The minimum absolute atomic E-state index is 0.0449. The Labute approximate surface area is 144 Å². The average Bonchev–Trinajstić information content (AvgIpc) is 3.01. The highest BCUT2D eigenvalue weighted by molar-refractivity contribution is 5.83. The Balaban J connectivity index is 1.70. The quantitative estimate of drug-likeness (QED) is 0.656. The average molecular weight is 341 g/mol. The summed E-state index contributed by atoms with van der Waals surface area (Å²) in [6.07, 6.45) is 1.94. The molecule has 0 spiro atoms. The Bertz CT molecular complexity index is 459. The molecule has 0 aromatic heterocycles. The SMILES string of the molecule is CC1(C)OCC(C)(C)C(C(=O)NCCC(=O)NC[C@@H]2CCCN2)O1. The molecular formula is C17H31N3O4. The van der Waals surface area contributed by atoms with Gasteiger partial charge in [-0.3, -0.25) is 9.59 Å². The van der Waals surface area contributed by atoms with Crippen LogP contribution in [0.2, 0.25) is 0 Å². The number of amides is 2. The lowest BCUT2D eigenvalue weighted by molar-refractivity contribution is -0.304. The van der Waals surface area contributed by atoms with Crippen molar-refractivity contribution >= 4 is 11.8 Å². The molecule has 2 heterocycles. The summed E-state index contributed by atoms with van der Waals surface area (Å²) in [5.41, 5.74) is -0.407. The summed E-state index contributed by atoms with van der Waals surface area (Å²) in [7, 11) is 0. The Kier molecular flexibility index (Phi) is 6.22. The third kappa shape index (κ3) is 5.43. The number of carbonyl (C=O) groups is 2. The van der Waals surface area contributed by atoms with Gasteiger partial charge in [0, 0.05) is 31.0 Å². The van der Waals surface area contributed by atoms with E-state index in [4.69, 9.17) is 9.47 Å². The highest BCUT2D eigenvalue weighted by Gasteiger charge is 2.45. The van der Waals surface area contributed by atoms with E-state index in [1.54, 1.807) is 13.8 Å². The molecule has 0 aromatic rings. The first-order chi connectivity index (χ1) is 11.2. The highest BCUT2D eigenvalue weighted by atomic mass is 16.7. The molecule has 0 aromatic carbocycles. The van der Waals surface area contributed by atoms with Crippen LogP contribution in [-0.2, 0) is 19.1 Å². The second kappa shape index (κ2) is 7.80. The van der Waals surface area contributed by atoms with E-state index in [1.807, 2.05) is 13.8 Å². The summed E-state index contributed by atoms with van der Waals surface area (Å²) in [5, 5.41) is 9.05. The molecule has 138 valence electrons. The number of rotatable bonds is 6. The predicted octanol–water partition coefficient (Wildman–Crippen LogP) is 0.539. The first kappa shape index (κ1) is 19.1. The molecule has 2 aliphatic rings. The van der Waals surface area contributed by atoms with Crippen molar-refractivity contribution in [3.05, 3.63) is 0 Å². The van der Waals surface area contributed by atoms with Crippen LogP contribution in [0.4, 0.5) is 0 Å². The van der Waals surface area contributed by atoms with Crippen LogP contribution in [0.15, 0.2) is 0 Å². The molecule has 2 saturated heterocycles. The fraction of sp³-hybridized carbons (Fsp3) is 0.882. The summed E-state index contributed by atoms with van der Waals surface area (Å²) < 4.78 is 11.4. The molecule has 0 aliphatic carbocycles. The third-order valence-electron chi connectivity index (χ3n) is 4.50. The lowest BCUT2D eigenvalue weighted by Crippen LogP contribution is -2.56. The second-order valence-electron chi connectivity index (χ2n) is 7.81. The number of carbonyl (C=O) groups excluding carboxylic acids is 2. The maximum atomic E-state index is 12.4. The van der Waals surface area contributed by atoms with E-state index in [0.29, 0.717) is 25.7 Å². The first-order valence-corrected chi connectivity index (χ1v) is 8.79. The van der Waals surface area contributed by atoms with Crippen LogP contribution >= 0.6 is 0 Å². The maximum absolute atomic E-state index is 12.4. The van der Waals surface area contributed by atoms with Crippen LogP contribution in [-0.4, -0.2) is 56.0 Å². The van der Waals surface area contributed by atoms with Crippen molar-refractivity contribution in [1.82, 2.24) is 16.0 Å². The van der Waals surface area contributed by atoms with Crippen molar-refractivity contribution in [2.75, 3.05) is 26.2 Å². The van der Waals surface area contributed by atoms with Crippen LogP contribution in [0.25, 0.3) is 0 Å². The van der Waals surface area contributed by atoms with Gasteiger partial charge < -0.3 is 25.4 Å². The van der Waals surface area contributed by atoms with Gasteiger partial charge >= 0.3 is 0 Å². The topological polar surface area (TPSA) is 88.7 Å². The highest BCUT2D eigenvalue weighted by Crippen LogP contribution is 2.34. The van der Waals surface area contributed by atoms with Crippen LogP contribution in [0.1, 0.15) is 47.0 Å². The van der Waals surface area contributed by atoms with Gasteiger partial charge in [0.2, 0.25) is 11.8 Å². The van der Waals surface area contributed by atoms with Gasteiger partial charge in [-0.25, -0.2) is 0 Å². The van der Waals surface area contributed by atoms with Crippen molar-refractivity contribution in [1.29, 1.82) is 0 Å². The monoisotopic (exact) mass is 341 g/mol. The van der Waals surface area contributed by atoms with Crippen molar-refractivity contribution in [2.24, 2.45) is 5.41 Å². The molecule has 0 saturated carbocycles. The van der Waals surface area contributed by atoms with Gasteiger partial charge in [-0.15, -0.1) is 0 Å². The molecule has 0 bridgehead atoms. The Morgan fingerprint density at radius 2 is 1.96 bits per heavy atom. The van der Waals surface area contributed by atoms with Crippen LogP contribution in [0.3, 0.4) is 0 Å². The van der Waals surface area contributed by atoms with Gasteiger partial charge in [0.25, 0.3) is 0 Å². The largest absolute Gasteiger partial charge is 0.354 e. The molecule has 7 nitrogen and oxygen atoms in total. The molecule has 2 amide bonds. The molecule has 24 heavy (non-hydrogen) atoms. The molecule has 1 unspecified atom stereocenters. The van der Waals surface area contributed by atoms with Crippen molar-refractivity contribution < 1.29 is 19.1 Å². The van der Waals surface area contributed by atoms with Crippen molar-refractivity contribution in [3.8, 4) is 0 Å². The van der Waals surface area contributed by atoms with Gasteiger partial charge in [0.1, 0.15) is 6.10 Å². The minimum atomic E-state index is -0.775. The summed E-state index contributed by atoms with van der Waals surface area (Å²) in [6.45, 7) is 9.90. The molecular weight excluding hydrogens is 310 g/mol. The molecule has 0 radical (unpaired) electrons. The van der Waals surface area contributed by atoms with E-state index in [1.165, 1.54) is 0 Å². The zero-order valence-electron chi connectivity index (χ0n) is 15.2. The Morgan fingerprint density at radius 1 is 1.21 bits per heavy atom. The predicted molar refractivity (Wildman–Crippen MR) is 90.3 cm³/mol. The Morgan fingerprint density at radius 3 is 2.62 bits per heavy atom. The number of hydrogen-bond acceptors (Lipinski definition) is 5. The standard InChI is InChI=1S/C17H31N3O4/c1-16(2)11-23-17(3,4)24-14(16)15(22)19-9-7-13(21)20-10-12-6-5-8-18-12/h12,14,18H,5-11H2,1-4H3,(H,19,22)(H,20,21)/t12-,14?/m0/s1.